The first-order valence-electron chi connectivity index (χ1n) is 10.4. The third kappa shape index (κ3) is 4.62. The minimum Gasteiger partial charge on any atom is -0.457 e. The van der Waals surface area contributed by atoms with Crippen molar-refractivity contribution < 1.29 is 19.1 Å². The number of amides is 2. The SMILES string of the molecule is CCN(c1ccccc1)c1ccc(CNC(=O)C(=O)Nc2ccc3c(c2)C(=O)OC3)cc1. The average Bonchev–Trinajstić information content (AvgIpc) is 3.19. The number of esters is 1. The molecule has 3 aromatic carbocycles. The zero-order chi connectivity index (χ0) is 22.5. The lowest BCUT2D eigenvalue weighted by Gasteiger charge is -2.23. The van der Waals surface area contributed by atoms with E-state index in [1.165, 1.54) is 6.07 Å². The van der Waals surface area contributed by atoms with Crippen LogP contribution in [0.4, 0.5) is 17.1 Å². The Morgan fingerprint density at radius 2 is 1.66 bits per heavy atom. The third-order valence-electron chi connectivity index (χ3n) is 5.24. The zero-order valence-electron chi connectivity index (χ0n) is 17.6. The van der Waals surface area contributed by atoms with Crippen molar-refractivity contribution in [3.8, 4) is 0 Å². The predicted octanol–water partition coefficient (Wildman–Crippen LogP) is 3.77. The molecule has 1 aliphatic heterocycles. The van der Waals surface area contributed by atoms with Gasteiger partial charge in [0.15, 0.2) is 0 Å². The number of rotatable bonds is 6. The molecule has 2 N–H and O–H groups in total. The van der Waals surface area contributed by atoms with E-state index in [1.807, 2.05) is 42.5 Å². The number of cyclic esters (lactones) is 1. The van der Waals surface area contributed by atoms with E-state index in [9.17, 15) is 14.4 Å². The molecule has 0 unspecified atom stereocenters. The molecule has 32 heavy (non-hydrogen) atoms. The molecule has 7 nitrogen and oxygen atoms in total. The zero-order valence-corrected chi connectivity index (χ0v) is 17.6. The van der Waals surface area contributed by atoms with Crippen molar-refractivity contribution in [3.05, 3.63) is 89.5 Å². The fraction of sp³-hybridized carbons (Fsp3) is 0.160. The topological polar surface area (TPSA) is 87.7 Å². The van der Waals surface area contributed by atoms with Crippen molar-refractivity contribution in [2.45, 2.75) is 20.1 Å². The number of hydrogen-bond acceptors (Lipinski definition) is 5. The Morgan fingerprint density at radius 3 is 2.38 bits per heavy atom. The third-order valence-corrected chi connectivity index (χ3v) is 5.24. The van der Waals surface area contributed by atoms with Gasteiger partial charge in [0.05, 0.1) is 5.56 Å². The second kappa shape index (κ2) is 9.34. The number of hydrogen-bond donors (Lipinski definition) is 2. The van der Waals surface area contributed by atoms with Gasteiger partial charge in [0, 0.05) is 35.7 Å². The van der Waals surface area contributed by atoms with Gasteiger partial charge in [-0.3, -0.25) is 9.59 Å². The Morgan fingerprint density at radius 1 is 0.938 bits per heavy atom. The van der Waals surface area contributed by atoms with E-state index in [2.05, 4.69) is 34.6 Å². The highest BCUT2D eigenvalue weighted by molar-refractivity contribution is 6.39. The van der Waals surface area contributed by atoms with Gasteiger partial charge in [0.25, 0.3) is 0 Å². The molecule has 0 saturated carbocycles. The number of carbonyl (C=O) groups excluding carboxylic acids is 3. The summed E-state index contributed by atoms with van der Waals surface area (Å²) in [4.78, 5) is 38.2. The average molecular weight is 429 g/mol. The molecule has 1 heterocycles. The van der Waals surface area contributed by atoms with E-state index in [-0.39, 0.29) is 13.2 Å². The predicted molar refractivity (Wildman–Crippen MR) is 122 cm³/mol. The highest BCUT2D eigenvalue weighted by atomic mass is 16.5. The van der Waals surface area contributed by atoms with Crippen LogP contribution in [0.1, 0.15) is 28.4 Å². The van der Waals surface area contributed by atoms with Gasteiger partial charge in [-0.15, -0.1) is 0 Å². The quantitative estimate of drug-likeness (QED) is 0.460. The molecular weight excluding hydrogens is 406 g/mol. The van der Waals surface area contributed by atoms with E-state index >= 15 is 0 Å². The van der Waals surface area contributed by atoms with Crippen LogP contribution in [0.5, 0.6) is 0 Å². The van der Waals surface area contributed by atoms with Crippen LogP contribution in [0, 0.1) is 0 Å². The van der Waals surface area contributed by atoms with Crippen LogP contribution in [-0.4, -0.2) is 24.3 Å². The first-order chi connectivity index (χ1) is 15.5. The summed E-state index contributed by atoms with van der Waals surface area (Å²) in [6, 6.07) is 22.8. The molecule has 7 heteroatoms. The van der Waals surface area contributed by atoms with Crippen molar-refractivity contribution in [3.63, 3.8) is 0 Å². The molecule has 0 fully saturated rings. The first kappa shape index (κ1) is 21.1. The van der Waals surface area contributed by atoms with Crippen molar-refractivity contribution >= 4 is 34.8 Å². The Kier molecular flexibility index (Phi) is 6.17. The molecule has 0 saturated heterocycles. The molecule has 4 rings (SSSR count). The van der Waals surface area contributed by atoms with Crippen LogP contribution >= 0.6 is 0 Å². The van der Waals surface area contributed by atoms with E-state index in [0.29, 0.717) is 11.3 Å². The van der Waals surface area contributed by atoms with Gasteiger partial charge in [-0.2, -0.15) is 0 Å². The van der Waals surface area contributed by atoms with Crippen LogP contribution in [0.3, 0.4) is 0 Å². The van der Waals surface area contributed by atoms with Gasteiger partial charge in [-0.25, -0.2) is 4.79 Å². The number of ether oxygens (including phenoxy) is 1. The maximum Gasteiger partial charge on any atom is 0.338 e. The van der Waals surface area contributed by atoms with E-state index in [0.717, 1.165) is 29.0 Å². The number of fused-ring (bicyclic) bond motifs is 1. The first-order valence-corrected chi connectivity index (χ1v) is 10.4. The number of nitrogens with one attached hydrogen (secondary N) is 2. The van der Waals surface area contributed by atoms with E-state index < -0.39 is 17.8 Å². The van der Waals surface area contributed by atoms with Crippen LogP contribution < -0.4 is 15.5 Å². The van der Waals surface area contributed by atoms with Crippen LogP contribution in [0.2, 0.25) is 0 Å². The lowest BCUT2D eigenvalue weighted by molar-refractivity contribution is -0.136. The maximum absolute atomic E-state index is 12.2. The van der Waals surface area contributed by atoms with Crippen molar-refractivity contribution in [1.82, 2.24) is 5.32 Å². The van der Waals surface area contributed by atoms with Gasteiger partial charge < -0.3 is 20.3 Å². The summed E-state index contributed by atoms with van der Waals surface area (Å²) in [5, 5.41) is 5.13. The molecule has 0 bridgehead atoms. The molecule has 162 valence electrons. The van der Waals surface area contributed by atoms with Crippen LogP contribution in [0.15, 0.2) is 72.8 Å². The van der Waals surface area contributed by atoms with E-state index in [1.54, 1.807) is 12.1 Å². The largest absolute Gasteiger partial charge is 0.457 e. The summed E-state index contributed by atoms with van der Waals surface area (Å²) >= 11 is 0. The van der Waals surface area contributed by atoms with Crippen LogP contribution in [0.25, 0.3) is 0 Å². The van der Waals surface area contributed by atoms with Crippen molar-refractivity contribution in [2.24, 2.45) is 0 Å². The number of benzene rings is 3. The summed E-state index contributed by atoms with van der Waals surface area (Å²) in [5.74, 6) is -1.98. The molecule has 0 spiro atoms. The standard InChI is InChI=1S/C25H23N3O4/c1-2-28(20-6-4-3-5-7-20)21-12-8-17(9-13-21)15-26-23(29)24(30)27-19-11-10-18-16-32-25(31)22(18)14-19/h3-14H,2,15-16H2,1H3,(H,26,29)(H,27,30). The summed E-state index contributed by atoms with van der Waals surface area (Å²) in [5.41, 5.74) is 4.55. The fourth-order valence-electron chi connectivity index (χ4n) is 3.56. The maximum atomic E-state index is 12.2. The lowest BCUT2D eigenvalue weighted by atomic mass is 10.1. The monoisotopic (exact) mass is 429 g/mol. The van der Waals surface area contributed by atoms with Gasteiger partial charge in [0.1, 0.15) is 6.61 Å². The van der Waals surface area contributed by atoms with Gasteiger partial charge >= 0.3 is 17.8 Å². The smallest absolute Gasteiger partial charge is 0.338 e. The number of carbonyl (C=O) groups is 3. The highest BCUT2D eigenvalue weighted by Gasteiger charge is 2.22. The second-order valence-corrected chi connectivity index (χ2v) is 7.33. The Balaban J connectivity index is 1.33. The van der Waals surface area contributed by atoms with Gasteiger partial charge in [0.2, 0.25) is 0 Å². The molecule has 2 amide bonds. The molecule has 1 aliphatic rings. The number of nitrogens with zero attached hydrogens (tertiary/aromatic N) is 1. The fourth-order valence-corrected chi connectivity index (χ4v) is 3.56. The molecule has 0 radical (unpaired) electrons. The lowest BCUT2D eigenvalue weighted by Crippen LogP contribution is -2.35. The van der Waals surface area contributed by atoms with Crippen LogP contribution in [-0.2, 0) is 27.5 Å². The Bertz CT molecular complexity index is 1140. The van der Waals surface area contributed by atoms with Gasteiger partial charge in [-0.1, -0.05) is 36.4 Å². The molecular formula is C25H23N3O4. The van der Waals surface area contributed by atoms with E-state index in [4.69, 9.17) is 4.74 Å². The Labute approximate surface area is 186 Å². The number of para-hydroxylation sites is 1. The summed E-state index contributed by atoms with van der Waals surface area (Å²) < 4.78 is 4.94. The number of anilines is 3. The normalized spacial score (nSPS) is 12.0. The van der Waals surface area contributed by atoms with Crippen molar-refractivity contribution in [1.29, 1.82) is 0 Å². The summed E-state index contributed by atoms with van der Waals surface area (Å²) in [7, 11) is 0. The minimum absolute atomic E-state index is 0.223. The second-order valence-electron chi connectivity index (χ2n) is 7.33. The summed E-state index contributed by atoms with van der Waals surface area (Å²) in [6.07, 6.45) is 0. The Hall–Kier alpha value is -4.13. The van der Waals surface area contributed by atoms with Gasteiger partial charge in [-0.05, 0) is 48.9 Å². The minimum atomic E-state index is -0.797. The molecule has 0 aliphatic carbocycles. The summed E-state index contributed by atoms with van der Waals surface area (Å²) in [6.45, 7) is 3.36. The molecule has 3 aromatic rings. The highest BCUT2D eigenvalue weighted by Crippen LogP contribution is 2.25. The molecule has 0 aromatic heterocycles. The van der Waals surface area contributed by atoms with Crippen molar-refractivity contribution in [2.75, 3.05) is 16.8 Å². The molecule has 0 atom stereocenters.